The molecule has 0 saturated carbocycles. The molecule has 3 N–H and O–H groups in total. The summed E-state index contributed by atoms with van der Waals surface area (Å²) in [4.78, 5) is 0. The van der Waals surface area contributed by atoms with Crippen molar-refractivity contribution in [1.29, 1.82) is 0 Å². The van der Waals surface area contributed by atoms with E-state index in [4.69, 9.17) is 5.73 Å². The van der Waals surface area contributed by atoms with Gasteiger partial charge in [-0.25, -0.2) is 4.68 Å². The van der Waals surface area contributed by atoms with Crippen molar-refractivity contribution in [3.05, 3.63) is 42.1 Å². The van der Waals surface area contributed by atoms with Crippen molar-refractivity contribution < 1.29 is 5.11 Å². The zero-order valence-electron chi connectivity index (χ0n) is 9.38. The molecule has 0 aliphatic heterocycles. The van der Waals surface area contributed by atoms with Gasteiger partial charge in [0, 0.05) is 6.07 Å². The van der Waals surface area contributed by atoms with Gasteiger partial charge in [0.1, 0.15) is 11.4 Å². The molecule has 2 aromatic rings. The standard InChI is InChI=1S/C12H15N3O/c1-12(2,16)10-8-11(13)14-15(10)9-6-4-3-5-7-9/h3-8,16H,1-2H3,(H2,13,14). The van der Waals surface area contributed by atoms with E-state index in [0.29, 0.717) is 11.5 Å². The third-order valence-electron chi connectivity index (χ3n) is 2.36. The molecular weight excluding hydrogens is 202 g/mol. The third-order valence-corrected chi connectivity index (χ3v) is 2.36. The van der Waals surface area contributed by atoms with Crippen molar-refractivity contribution in [3.63, 3.8) is 0 Å². The summed E-state index contributed by atoms with van der Waals surface area (Å²) in [5, 5.41) is 14.2. The van der Waals surface area contributed by atoms with Crippen molar-refractivity contribution in [1.82, 2.24) is 9.78 Å². The Hall–Kier alpha value is -1.81. The minimum absolute atomic E-state index is 0.404. The lowest BCUT2D eigenvalue weighted by Crippen LogP contribution is -2.20. The fraction of sp³-hybridized carbons (Fsp3) is 0.250. The highest BCUT2D eigenvalue weighted by molar-refractivity contribution is 5.40. The van der Waals surface area contributed by atoms with Crippen LogP contribution < -0.4 is 5.73 Å². The highest BCUT2D eigenvalue weighted by Crippen LogP contribution is 2.24. The van der Waals surface area contributed by atoms with Crippen molar-refractivity contribution in [2.45, 2.75) is 19.4 Å². The number of anilines is 1. The second-order valence-electron chi connectivity index (χ2n) is 4.26. The summed E-state index contributed by atoms with van der Waals surface area (Å²) in [5.74, 6) is 0.404. The van der Waals surface area contributed by atoms with Crippen LogP contribution >= 0.6 is 0 Å². The van der Waals surface area contributed by atoms with Crippen LogP contribution in [-0.4, -0.2) is 14.9 Å². The van der Waals surface area contributed by atoms with E-state index in [0.717, 1.165) is 5.69 Å². The molecule has 0 aliphatic carbocycles. The number of para-hydroxylation sites is 1. The monoisotopic (exact) mass is 217 g/mol. The Morgan fingerprint density at radius 1 is 1.25 bits per heavy atom. The first kappa shape index (κ1) is 10.7. The first-order valence-electron chi connectivity index (χ1n) is 5.12. The lowest BCUT2D eigenvalue weighted by molar-refractivity contribution is 0.0711. The fourth-order valence-corrected chi connectivity index (χ4v) is 1.60. The Morgan fingerprint density at radius 3 is 2.44 bits per heavy atom. The lowest BCUT2D eigenvalue weighted by Gasteiger charge is -2.18. The van der Waals surface area contributed by atoms with E-state index in [1.54, 1.807) is 24.6 Å². The van der Waals surface area contributed by atoms with Gasteiger partial charge in [0.25, 0.3) is 0 Å². The van der Waals surface area contributed by atoms with E-state index in [2.05, 4.69) is 5.10 Å². The summed E-state index contributed by atoms with van der Waals surface area (Å²) in [7, 11) is 0. The summed E-state index contributed by atoms with van der Waals surface area (Å²) in [6.45, 7) is 3.42. The second-order valence-corrected chi connectivity index (χ2v) is 4.26. The number of benzene rings is 1. The van der Waals surface area contributed by atoms with E-state index in [1.165, 1.54) is 0 Å². The van der Waals surface area contributed by atoms with Gasteiger partial charge in [0.05, 0.1) is 11.4 Å². The van der Waals surface area contributed by atoms with Gasteiger partial charge in [-0.2, -0.15) is 5.10 Å². The first-order chi connectivity index (χ1) is 7.48. The smallest absolute Gasteiger partial charge is 0.146 e. The van der Waals surface area contributed by atoms with Crippen LogP contribution in [0.1, 0.15) is 19.5 Å². The molecule has 1 aromatic heterocycles. The number of nitrogens with two attached hydrogens (primary N) is 1. The van der Waals surface area contributed by atoms with Gasteiger partial charge in [-0.15, -0.1) is 0 Å². The van der Waals surface area contributed by atoms with E-state index in [-0.39, 0.29) is 0 Å². The average Bonchev–Trinajstić information content (AvgIpc) is 2.61. The van der Waals surface area contributed by atoms with Gasteiger partial charge < -0.3 is 10.8 Å². The van der Waals surface area contributed by atoms with Gasteiger partial charge in [-0.1, -0.05) is 18.2 Å². The molecule has 1 aromatic carbocycles. The summed E-state index contributed by atoms with van der Waals surface area (Å²) >= 11 is 0. The number of aliphatic hydroxyl groups is 1. The molecule has 0 saturated heterocycles. The quantitative estimate of drug-likeness (QED) is 0.804. The largest absolute Gasteiger partial charge is 0.384 e. The van der Waals surface area contributed by atoms with Crippen LogP contribution in [0.2, 0.25) is 0 Å². The summed E-state index contributed by atoms with van der Waals surface area (Å²) < 4.78 is 1.66. The van der Waals surface area contributed by atoms with Crippen LogP contribution in [0.5, 0.6) is 0 Å². The second kappa shape index (κ2) is 3.64. The van der Waals surface area contributed by atoms with Crippen LogP contribution in [0.3, 0.4) is 0 Å². The van der Waals surface area contributed by atoms with Crippen molar-refractivity contribution in [2.24, 2.45) is 0 Å². The number of rotatable bonds is 2. The molecule has 0 atom stereocenters. The topological polar surface area (TPSA) is 64.1 Å². The van der Waals surface area contributed by atoms with Crippen molar-refractivity contribution >= 4 is 5.82 Å². The van der Waals surface area contributed by atoms with Crippen LogP contribution in [0.4, 0.5) is 5.82 Å². The number of hydrogen-bond donors (Lipinski definition) is 2. The molecule has 0 amide bonds. The predicted octanol–water partition coefficient (Wildman–Crippen LogP) is 1.68. The highest BCUT2D eigenvalue weighted by atomic mass is 16.3. The average molecular weight is 217 g/mol. The zero-order valence-corrected chi connectivity index (χ0v) is 9.38. The maximum Gasteiger partial charge on any atom is 0.146 e. The fourth-order valence-electron chi connectivity index (χ4n) is 1.60. The molecule has 0 spiro atoms. The molecule has 0 bridgehead atoms. The lowest BCUT2D eigenvalue weighted by atomic mass is 10.1. The highest BCUT2D eigenvalue weighted by Gasteiger charge is 2.23. The molecule has 0 unspecified atom stereocenters. The molecule has 0 radical (unpaired) electrons. The Bertz CT molecular complexity index is 483. The molecular formula is C12H15N3O. The number of nitrogens with zero attached hydrogens (tertiary/aromatic N) is 2. The number of hydrogen-bond acceptors (Lipinski definition) is 3. The Balaban J connectivity index is 2.58. The van der Waals surface area contributed by atoms with Crippen LogP contribution in [-0.2, 0) is 5.60 Å². The minimum Gasteiger partial charge on any atom is -0.384 e. The SMILES string of the molecule is CC(C)(O)c1cc(N)nn1-c1ccccc1. The van der Waals surface area contributed by atoms with Gasteiger partial charge in [0.15, 0.2) is 0 Å². The summed E-state index contributed by atoms with van der Waals surface area (Å²) in [5.41, 5.74) is 6.26. The maximum atomic E-state index is 10.0. The van der Waals surface area contributed by atoms with Crippen molar-refractivity contribution in [3.8, 4) is 5.69 Å². The maximum absolute atomic E-state index is 10.0. The van der Waals surface area contributed by atoms with Gasteiger partial charge in [-0.3, -0.25) is 0 Å². The van der Waals surface area contributed by atoms with Crippen LogP contribution in [0.15, 0.2) is 36.4 Å². The molecule has 1 heterocycles. The Kier molecular flexibility index (Phi) is 2.44. The van der Waals surface area contributed by atoms with Gasteiger partial charge >= 0.3 is 0 Å². The molecule has 2 rings (SSSR count). The normalized spacial score (nSPS) is 11.7. The summed E-state index contributed by atoms with van der Waals surface area (Å²) in [6.07, 6.45) is 0. The Labute approximate surface area is 94.3 Å². The van der Waals surface area contributed by atoms with Crippen molar-refractivity contribution in [2.75, 3.05) is 5.73 Å². The van der Waals surface area contributed by atoms with E-state index >= 15 is 0 Å². The molecule has 4 heteroatoms. The minimum atomic E-state index is -0.972. The predicted molar refractivity (Wildman–Crippen MR) is 63.2 cm³/mol. The summed E-state index contributed by atoms with van der Waals surface area (Å²) in [6, 6.07) is 11.3. The third kappa shape index (κ3) is 1.92. The van der Waals surface area contributed by atoms with Gasteiger partial charge in [-0.05, 0) is 26.0 Å². The van der Waals surface area contributed by atoms with Crippen LogP contribution in [0.25, 0.3) is 5.69 Å². The molecule has 0 fully saturated rings. The zero-order chi connectivity index (χ0) is 11.8. The Morgan fingerprint density at radius 2 is 1.88 bits per heavy atom. The number of aromatic nitrogens is 2. The van der Waals surface area contributed by atoms with Crippen LogP contribution in [0, 0.1) is 0 Å². The molecule has 16 heavy (non-hydrogen) atoms. The molecule has 4 nitrogen and oxygen atoms in total. The first-order valence-corrected chi connectivity index (χ1v) is 5.12. The number of nitrogen functional groups attached to an aromatic ring is 1. The van der Waals surface area contributed by atoms with E-state index in [1.807, 2.05) is 30.3 Å². The molecule has 84 valence electrons. The molecule has 0 aliphatic rings. The van der Waals surface area contributed by atoms with Gasteiger partial charge in [0.2, 0.25) is 0 Å². The van der Waals surface area contributed by atoms with E-state index < -0.39 is 5.60 Å². The van der Waals surface area contributed by atoms with E-state index in [9.17, 15) is 5.11 Å².